The van der Waals surface area contributed by atoms with Crippen molar-refractivity contribution in [2.24, 2.45) is 0 Å². The maximum Gasteiger partial charge on any atom is 0.293 e. The van der Waals surface area contributed by atoms with Crippen LogP contribution in [-0.4, -0.2) is 34.0 Å². The molecule has 10 nitrogen and oxygen atoms in total. The molecule has 1 fully saturated rings. The number of piperidine rings is 1. The number of hydrogen-bond donors (Lipinski definition) is 2. The van der Waals surface area contributed by atoms with Gasteiger partial charge in [0.25, 0.3) is 17.3 Å². The Morgan fingerprint density at radius 3 is 2.30 bits per heavy atom. The van der Waals surface area contributed by atoms with Crippen molar-refractivity contribution in [2.75, 3.05) is 23.3 Å². The van der Waals surface area contributed by atoms with E-state index < -0.39 is 15.8 Å². The van der Waals surface area contributed by atoms with E-state index in [-0.39, 0.29) is 27.7 Å². The van der Waals surface area contributed by atoms with Gasteiger partial charge in [-0.2, -0.15) is 0 Å². The number of para-hydroxylation sites is 2. The van der Waals surface area contributed by atoms with Crippen LogP contribution in [-0.2, 0) is 0 Å². The van der Waals surface area contributed by atoms with Crippen LogP contribution in [0.3, 0.4) is 0 Å². The highest BCUT2D eigenvalue weighted by molar-refractivity contribution is 7.80. The summed E-state index contributed by atoms with van der Waals surface area (Å²) in [6.07, 6.45) is 3.02. The van der Waals surface area contributed by atoms with Crippen molar-refractivity contribution in [3.05, 3.63) is 68.3 Å². The van der Waals surface area contributed by atoms with Gasteiger partial charge in [-0.05, 0) is 49.7 Å². The molecule has 1 heterocycles. The maximum absolute atomic E-state index is 12.5. The van der Waals surface area contributed by atoms with Gasteiger partial charge >= 0.3 is 0 Å². The van der Waals surface area contributed by atoms with Gasteiger partial charge in [-0.3, -0.25) is 30.3 Å². The molecule has 156 valence electrons. The van der Waals surface area contributed by atoms with E-state index in [4.69, 9.17) is 12.2 Å². The summed E-state index contributed by atoms with van der Waals surface area (Å²) in [6.45, 7) is 1.46. The zero-order chi connectivity index (χ0) is 21.7. The summed E-state index contributed by atoms with van der Waals surface area (Å²) in [5.41, 5.74) is 0.322. The predicted octanol–water partition coefficient (Wildman–Crippen LogP) is 3.62. The van der Waals surface area contributed by atoms with Crippen molar-refractivity contribution in [1.29, 1.82) is 0 Å². The zero-order valence-electron chi connectivity index (χ0n) is 15.9. The van der Waals surface area contributed by atoms with Crippen LogP contribution in [0.25, 0.3) is 0 Å². The van der Waals surface area contributed by atoms with Crippen LogP contribution < -0.4 is 15.5 Å². The lowest BCUT2D eigenvalue weighted by atomic mass is 10.1. The molecule has 0 bridgehead atoms. The fourth-order valence-corrected chi connectivity index (χ4v) is 3.48. The van der Waals surface area contributed by atoms with Crippen molar-refractivity contribution >= 4 is 46.0 Å². The Balaban J connectivity index is 1.75. The fraction of sp³-hybridized carbons (Fsp3) is 0.263. The predicted molar refractivity (Wildman–Crippen MR) is 116 cm³/mol. The molecule has 0 saturated carbocycles. The molecular formula is C19H19N5O5S. The molecule has 1 amide bonds. The number of benzene rings is 2. The normalized spacial score (nSPS) is 13.4. The van der Waals surface area contributed by atoms with Crippen LogP contribution in [0.4, 0.5) is 22.7 Å². The molecule has 1 aliphatic heterocycles. The van der Waals surface area contributed by atoms with Gasteiger partial charge in [0.1, 0.15) is 11.4 Å². The number of nitro benzene ring substituents is 2. The van der Waals surface area contributed by atoms with E-state index in [2.05, 4.69) is 10.6 Å². The molecule has 2 aromatic rings. The molecule has 2 aromatic carbocycles. The molecule has 1 saturated heterocycles. The molecule has 0 unspecified atom stereocenters. The fourth-order valence-electron chi connectivity index (χ4n) is 3.28. The van der Waals surface area contributed by atoms with E-state index in [1.807, 2.05) is 4.90 Å². The maximum atomic E-state index is 12.5. The highest BCUT2D eigenvalue weighted by Gasteiger charge is 2.23. The van der Waals surface area contributed by atoms with Crippen LogP contribution in [0.15, 0.2) is 42.5 Å². The highest BCUT2D eigenvalue weighted by atomic mass is 32.1. The van der Waals surface area contributed by atoms with E-state index in [0.29, 0.717) is 5.69 Å². The first-order chi connectivity index (χ1) is 14.4. The number of hydrogen-bond acceptors (Lipinski definition) is 7. The smallest absolute Gasteiger partial charge is 0.293 e. The monoisotopic (exact) mass is 429 g/mol. The van der Waals surface area contributed by atoms with Crippen LogP contribution in [0, 0.1) is 20.2 Å². The molecule has 2 N–H and O–H groups in total. The molecule has 0 radical (unpaired) electrons. The number of amides is 1. The molecule has 0 atom stereocenters. The summed E-state index contributed by atoms with van der Waals surface area (Å²) in [6, 6.07) is 10.1. The third-order valence-corrected chi connectivity index (χ3v) is 4.91. The molecule has 11 heteroatoms. The Kier molecular flexibility index (Phi) is 6.52. The third kappa shape index (κ3) is 4.87. The number of nitrogens with one attached hydrogen (secondary N) is 2. The topological polar surface area (TPSA) is 131 Å². The number of carbonyl (C=O) groups is 1. The number of nitro groups is 2. The first kappa shape index (κ1) is 21.1. The summed E-state index contributed by atoms with van der Waals surface area (Å²) in [5.74, 6) is -0.653. The highest BCUT2D eigenvalue weighted by Crippen LogP contribution is 2.31. The molecule has 0 spiro atoms. The lowest BCUT2D eigenvalue weighted by Crippen LogP contribution is -2.34. The van der Waals surface area contributed by atoms with Crippen LogP contribution in [0.1, 0.15) is 29.6 Å². The zero-order valence-corrected chi connectivity index (χ0v) is 16.7. The second-order valence-corrected chi connectivity index (χ2v) is 7.10. The lowest BCUT2D eigenvalue weighted by molar-refractivity contribution is -0.384. The lowest BCUT2D eigenvalue weighted by Gasteiger charge is -2.28. The van der Waals surface area contributed by atoms with E-state index >= 15 is 0 Å². The van der Waals surface area contributed by atoms with E-state index in [0.717, 1.165) is 32.4 Å². The van der Waals surface area contributed by atoms with E-state index in [1.54, 1.807) is 12.1 Å². The molecule has 30 heavy (non-hydrogen) atoms. The molecule has 0 aliphatic carbocycles. The number of rotatable bonds is 5. The number of thiocarbonyl (C=S) groups is 1. The third-order valence-electron chi connectivity index (χ3n) is 4.71. The Hall–Kier alpha value is -3.60. The Morgan fingerprint density at radius 1 is 0.967 bits per heavy atom. The van der Waals surface area contributed by atoms with Gasteiger partial charge in [0.2, 0.25) is 0 Å². The SMILES string of the molecule is O=C(NC(=S)Nc1ccccc1[N+](=O)[O-])c1ccc(N2CCCCC2)c([N+](=O)[O-])c1. The minimum absolute atomic E-state index is 0.0640. The van der Waals surface area contributed by atoms with Gasteiger partial charge in [0.15, 0.2) is 5.11 Å². The van der Waals surface area contributed by atoms with Crippen LogP contribution in [0.5, 0.6) is 0 Å². The Morgan fingerprint density at radius 2 is 1.63 bits per heavy atom. The van der Waals surface area contributed by atoms with Crippen LogP contribution >= 0.6 is 12.2 Å². The molecule has 1 aliphatic rings. The minimum atomic E-state index is -0.653. The summed E-state index contributed by atoms with van der Waals surface area (Å²) in [7, 11) is 0. The second-order valence-electron chi connectivity index (χ2n) is 6.69. The van der Waals surface area contributed by atoms with Crippen molar-refractivity contribution in [3.8, 4) is 0 Å². The minimum Gasteiger partial charge on any atom is -0.366 e. The van der Waals surface area contributed by atoms with Crippen molar-refractivity contribution < 1.29 is 14.6 Å². The van der Waals surface area contributed by atoms with E-state index in [9.17, 15) is 25.0 Å². The van der Waals surface area contributed by atoms with Gasteiger partial charge < -0.3 is 10.2 Å². The first-order valence-electron chi connectivity index (χ1n) is 9.26. The Bertz CT molecular complexity index is 1010. The van der Waals surface area contributed by atoms with Gasteiger partial charge in [-0.1, -0.05) is 12.1 Å². The number of carbonyl (C=O) groups excluding carboxylic acids is 1. The Labute approximate surface area is 177 Å². The van der Waals surface area contributed by atoms with Crippen molar-refractivity contribution in [3.63, 3.8) is 0 Å². The van der Waals surface area contributed by atoms with E-state index in [1.165, 1.54) is 30.3 Å². The summed E-state index contributed by atoms with van der Waals surface area (Å²) >= 11 is 5.06. The largest absolute Gasteiger partial charge is 0.366 e. The molecular weight excluding hydrogens is 410 g/mol. The number of anilines is 2. The van der Waals surface area contributed by atoms with Crippen molar-refractivity contribution in [2.45, 2.75) is 19.3 Å². The second kappa shape index (κ2) is 9.27. The van der Waals surface area contributed by atoms with Gasteiger partial charge in [0, 0.05) is 30.8 Å². The quantitative estimate of drug-likeness (QED) is 0.419. The van der Waals surface area contributed by atoms with Crippen LogP contribution in [0.2, 0.25) is 0 Å². The van der Waals surface area contributed by atoms with Gasteiger partial charge in [-0.25, -0.2) is 0 Å². The van der Waals surface area contributed by atoms with Gasteiger partial charge in [0.05, 0.1) is 9.85 Å². The average molecular weight is 429 g/mol. The van der Waals surface area contributed by atoms with Crippen molar-refractivity contribution in [1.82, 2.24) is 5.32 Å². The first-order valence-corrected chi connectivity index (χ1v) is 9.67. The summed E-state index contributed by atoms with van der Waals surface area (Å²) in [5, 5.41) is 27.5. The molecule has 3 rings (SSSR count). The standard InChI is InChI=1S/C19H19N5O5S/c25-18(21-19(30)20-14-6-2-3-7-15(14)23(26)27)13-8-9-16(17(12-13)24(28)29)22-10-4-1-5-11-22/h2-3,6-9,12H,1,4-5,10-11H2,(H2,20,21,25,30). The number of nitrogens with zero attached hydrogens (tertiary/aromatic N) is 3. The average Bonchev–Trinajstić information content (AvgIpc) is 2.74. The van der Waals surface area contributed by atoms with Gasteiger partial charge in [-0.15, -0.1) is 0 Å². The molecule has 0 aromatic heterocycles. The summed E-state index contributed by atoms with van der Waals surface area (Å²) < 4.78 is 0. The summed E-state index contributed by atoms with van der Waals surface area (Å²) in [4.78, 5) is 36.0.